The third-order valence-electron chi connectivity index (χ3n) is 2.76. The van der Waals surface area contributed by atoms with E-state index >= 15 is 0 Å². The Morgan fingerprint density at radius 3 is 2.61 bits per heavy atom. The Morgan fingerprint density at radius 1 is 1.50 bits per heavy atom. The molecule has 0 aliphatic heterocycles. The second-order valence-corrected chi connectivity index (χ2v) is 4.97. The molecule has 0 unspecified atom stereocenters. The minimum Gasteiger partial charge on any atom is -0.347 e. The summed E-state index contributed by atoms with van der Waals surface area (Å²) in [5, 5.41) is 13.4. The minimum atomic E-state index is -0.607. The van der Waals surface area contributed by atoms with Gasteiger partial charge in [0, 0.05) is 11.6 Å². The number of rotatable bonds is 4. The fourth-order valence-corrected chi connectivity index (χ4v) is 1.58. The SMILES string of the molecule is CCC(C)(C)NC(=O)c1cccc([N+](=O)[O-])c1Cl. The predicted molar refractivity (Wildman–Crippen MR) is 69.9 cm³/mol. The molecule has 5 nitrogen and oxygen atoms in total. The second kappa shape index (κ2) is 5.35. The van der Waals surface area contributed by atoms with Crippen LogP contribution in [0.5, 0.6) is 0 Å². The van der Waals surface area contributed by atoms with E-state index in [0.717, 1.165) is 6.42 Å². The largest absolute Gasteiger partial charge is 0.347 e. The second-order valence-electron chi connectivity index (χ2n) is 4.59. The van der Waals surface area contributed by atoms with Gasteiger partial charge in [-0.2, -0.15) is 0 Å². The molecule has 0 aliphatic rings. The molecule has 1 aromatic carbocycles. The van der Waals surface area contributed by atoms with Crippen molar-refractivity contribution in [2.45, 2.75) is 32.7 Å². The first-order valence-corrected chi connectivity index (χ1v) is 5.91. The monoisotopic (exact) mass is 270 g/mol. The van der Waals surface area contributed by atoms with Crippen molar-refractivity contribution in [1.29, 1.82) is 0 Å². The lowest BCUT2D eigenvalue weighted by Gasteiger charge is -2.24. The quantitative estimate of drug-likeness (QED) is 0.675. The molecule has 0 atom stereocenters. The van der Waals surface area contributed by atoms with Gasteiger partial charge in [-0.3, -0.25) is 14.9 Å². The molecule has 0 aliphatic carbocycles. The molecule has 0 saturated carbocycles. The highest BCUT2D eigenvalue weighted by Crippen LogP contribution is 2.28. The molecule has 0 saturated heterocycles. The van der Waals surface area contributed by atoms with Crippen LogP contribution in [-0.4, -0.2) is 16.4 Å². The van der Waals surface area contributed by atoms with Crippen LogP contribution >= 0.6 is 11.6 Å². The Bertz CT molecular complexity index is 486. The fourth-order valence-electron chi connectivity index (χ4n) is 1.30. The molecular weight excluding hydrogens is 256 g/mol. The predicted octanol–water partition coefficient (Wildman–Crippen LogP) is 3.17. The van der Waals surface area contributed by atoms with Gasteiger partial charge in [-0.25, -0.2) is 0 Å². The number of nitro benzene ring substituents is 1. The fraction of sp³-hybridized carbons (Fsp3) is 0.417. The van der Waals surface area contributed by atoms with Crippen molar-refractivity contribution in [1.82, 2.24) is 5.32 Å². The zero-order chi connectivity index (χ0) is 13.9. The molecule has 0 heterocycles. The van der Waals surface area contributed by atoms with Crippen molar-refractivity contribution in [3.63, 3.8) is 0 Å². The van der Waals surface area contributed by atoms with Gasteiger partial charge in [0.15, 0.2) is 0 Å². The van der Waals surface area contributed by atoms with Crippen molar-refractivity contribution < 1.29 is 9.72 Å². The van der Waals surface area contributed by atoms with Crippen molar-refractivity contribution in [2.24, 2.45) is 0 Å². The molecule has 1 aromatic rings. The first kappa shape index (κ1) is 14.4. The number of hydrogen-bond donors (Lipinski definition) is 1. The maximum atomic E-state index is 12.0. The van der Waals surface area contributed by atoms with Gasteiger partial charge in [0.1, 0.15) is 5.02 Å². The topological polar surface area (TPSA) is 72.2 Å². The summed E-state index contributed by atoms with van der Waals surface area (Å²) in [5.74, 6) is -0.407. The third kappa shape index (κ3) is 3.20. The van der Waals surface area contributed by atoms with Crippen LogP contribution in [0.4, 0.5) is 5.69 Å². The third-order valence-corrected chi connectivity index (χ3v) is 3.15. The highest BCUT2D eigenvalue weighted by molar-refractivity contribution is 6.35. The summed E-state index contributed by atoms with van der Waals surface area (Å²) in [7, 11) is 0. The van der Waals surface area contributed by atoms with E-state index in [2.05, 4.69) is 5.32 Å². The molecule has 0 aromatic heterocycles. The molecular formula is C12H15ClN2O3. The molecule has 0 fully saturated rings. The number of nitrogens with one attached hydrogen (secondary N) is 1. The summed E-state index contributed by atoms with van der Waals surface area (Å²) in [5.41, 5.74) is -0.531. The molecule has 18 heavy (non-hydrogen) atoms. The summed E-state index contributed by atoms with van der Waals surface area (Å²) in [4.78, 5) is 22.1. The van der Waals surface area contributed by atoms with Crippen LogP contribution in [0.15, 0.2) is 18.2 Å². The number of carbonyl (C=O) groups is 1. The number of hydrogen-bond acceptors (Lipinski definition) is 3. The van der Waals surface area contributed by atoms with Gasteiger partial charge in [0.25, 0.3) is 11.6 Å². The average Bonchev–Trinajstić information content (AvgIpc) is 2.28. The van der Waals surface area contributed by atoms with E-state index in [1.807, 2.05) is 20.8 Å². The van der Waals surface area contributed by atoms with Crippen molar-refractivity contribution in [2.75, 3.05) is 0 Å². The smallest absolute Gasteiger partial charge is 0.288 e. The van der Waals surface area contributed by atoms with Crippen LogP contribution < -0.4 is 5.32 Å². The van der Waals surface area contributed by atoms with Crippen LogP contribution in [0.1, 0.15) is 37.6 Å². The molecule has 1 rings (SSSR count). The Kier molecular flexibility index (Phi) is 4.29. The van der Waals surface area contributed by atoms with Gasteiger partial charge in [0.2, 0.25) is 0 Å². The van der Waals surface area contributed by atoms with Gasteiger partial charge in [-0.1, -0.05) is 24.6 Å². The summed E-state index contributed by atoms with van der Waals surface area (Å²) in [6, 6.07) is 4.18. The van der Waals surface area contributed by atoms with Gasteiger partial charge in [0.05, 0.1) is 10.5 Å². The van der Waals surface area contributed by atoms with E-state index in [1.165, 1.54) is 18.2 Å². The van der Waals surface area contributed by atoms with E-state index in [0.29, 0.717) is 0 Å². The first-order valence-electron chi connectivity index (χ1n) is 5.54. The first-order chi connectivity index (χ1) is 8.28. The summed E-state index contributed by atoms with van der Waals surface area (Å²) < 4.78 is 0. The van der Waals surface area contributed by atoms with Crippen molar-refractivity contribution in [3.8, 4) is 0 Å². The van der Waals surface area contributed by atoms with Crippen LogP contribution in [0.2, 0.25) is 5.02 Å². The van der Waals surface area contributed by atoms with Crippen LogP contribution in [0, 0.1) is 10.1 Å². The van der Waals surface area contributed by atoms with Gasteiger partial charge in [-0.05, 0) is 26.3 Å². The Hall–Kier alpha value is -1.62. The zero-order valence-corrected chi connectivity index (χ0v) is 11.2. The number of amides is 1. The van der Waals surface area contributed by atoms with E-state index in [-0.39, 0.29) is 21.8 Å². The number of carbonyl (C=O) groups excluding carboxylic acids is 1. The molecule has 0 bridgehead atoms. The van der Waals surface area contributed by atoms with Gasteiger partial charge < -0.3 is 5.32 Å². The normalized spacial score (nSPS) is 11.1. The maximum absolute atomic E-state index is 12.0. The number of nitrogens with zero attached hydrogens (tertiary/aromatic N) is 1. The van der Waals surface area contributed by atoms with E-state index in [1.54, 1.807) is 0 Å². The average molecular weight is 271 g/mol. The van der Waals surface area contributed by atoms with E-state index in [9.17, 15) is 14.9 Å². The Morgan fingerprint density at radius 2 is 2.11 bits per heavy atom. The molecule has 1 N–H and O–H groups in total. The van der Waals surface area contributed by atoms with Gasteiger partial charge >= 0.3 is 0 Å². The highest BCUT2D eigenvalue weighted by atomic mass is 35.5. The van der Waals surface area contributed by atoms with Crippen molar-refractivity contribution >= 4 is 23.2 Å². The van der Waals surface area contributed by atoms with Gasteiger partial charge in [-0.15, -0.1) is 0 Å². The molecule has 1 amide bonds. The standard InChI is InChI=1S/C12H15ClN2O3/c1-4-12(2,3)14-11(16)8-6-5-7-9(10(8)13)15(17)18/h5-7H,4H2,1-3H3,(H,14,16). The zero-order valence-electron chi connectivity index (χ0n) is 10.5. The summed E-state index contributed by atoms with van der Waals surface area (Å²) in [6.07, 6.45) is 0.741. The van der Waals surface area contributed by atoms with E-state index in [4.69, 9.17) is 11.6 Å². The molecule has 6 heteroatoms. The summed E-state index contributed by atoms with van der Waals surface area (Å²) >= 11 is 5.87. The lowest BCUT2D eigenvalue weighted by Crippen LogP contribution is -2.42. The lowest BCUT2D eigenvalue weighted by atomic mass is 10.0. The summed E-state index contributed by atoms with van der Waals surface area (Å²) in [6.45, 7) is 5.68. The number of nitro groups is 1. The van der Waals surface area contributed by atoms with Crippen LogP contribution in [-0.2, 0) is 0 Å². The van der Waals surface area contributed by atoms with E-state index < -0.39 is 10.8 Å². The number of benzene rings is 1. The number of halogens is 1. The maximum Gasteiger partial charge on any atom is 0.288 e. The van der Waals surface area contributed by atoms with Crippen LogP contribution in [0.25, 0.3) is 0 Å². The molecule has 98 valence electrons. The minimum absolute atomic E-state index is 0.118. The molecule has 0 radical (unpaired) electrons. The van der Waals surface area contributed by atoms with Crippen molar-refractivity contribution in [3.05, 3.63) is 38.9 Å². The van der Waals surface area contributed by atoms with Crippen LogP contribution in [0.3, 0.4) is 0 Å². The Labute approximate surface area is 110 Å². The Balaban J connectivity index is 3.08. The lowest BCUT2D eigenvalue weighted by molar-refractivity contribution is -0.384. The molecule has 0 spiro atoms. The highest BCUT2D eigenvalue weighted by Gasteiger charge is 2.24.